The lowest BCUT2D eigenvalue weighted by molar-refractivity contribution is -0.119. The third-order valence-electron chi connectivity index (χ3n) is 6.17. The van der Waals surface area contributed by atoms with Crippen LogP contribution in [0.5, 0.6) is 0 Å². The van der Waals surface area contributed by atoms with E-state index >= 15 is 0 Å². The number of amides is 2. The predicted octanol–water partition coefficient (Wildman–Crippen LogP) is 2.35. The number of hydrogen-bond donors (Lipinski definition) is 2. The summed E-state index contributed by atoms with van der Waals surface area (Å²) in [7, 11) is 0. The van der Waals surface area contributed by atoms with Crippen LogP contribution in [0.3, 0.4) is 0 Å². The number of anilines is 2. The zero-order chi connectivity index (χ0) is 20.8. The summed E-state index contributed by atoms with van der Waals surface area (Å²) in [4.78, 5) is 26.6. The van der Waals surface area contributed by atoms with E-state index in [9.17, 15) is 19.2 Å². The second-order valence-electron chi connectivity index (χ2n) is 8.35. The summed E-state index contributed by atoms with van der Waals surface area (Å²) in [5.74, 6) is -0.484. The molecule has 9 heteroatoms. The minimum absolute atomic E-state index is 0.126. The van der Waals surface area contributed by atoms with Gasteiger partial charge in [-0.25, -0.2) is 9.18 Å². The molecule has 2 unspecified atom stereocenters. The van der Waals surface area contributed by atoms with Gasteiger partial charge < -0.3 is 20.2 Å². The van der Waals surface area contributed by atoms with Gasteiger partial charge in [0.1, 0.15) is 11.9 Å². The van der Waals surface area contributed by atoms with Crippen LogP contribution in [0, 0.1) is 17.2 Å². The van der Waals surface area contributed by atoms with Gasteiger partial charge in [-0.2, -0.15) is 0 Å². The molecule has 0 spiro atoms. The van der Waals surface area contributed by atoms with Crippen LogP contribution in [0.2, 0.25) is 0 Å². The number of hydrogen-bond acceptors (Lipinski definition) is 6. The van der Waals surface area contributed by atoms with Gasteiger partial charge in [-0.1, -0.05) is 12.1 Å². The number of benzene rings is 1. The maximum Gasteiger partial charge on any atom is 0.414 e. The number of piperidine rings is 1. The lowest BCUT2D eigenvalue weighted by atomic mass is 9.82. The van der Waals surface area contributed by atoms with Crippen molar-refractivity contribution in [2.45, 2.75) is 32.8 Å². The van der Waals surface area contributed by atoms with Crippen molar-refractivity contribution in [2.75, 3.05) is 36.0 Å². The largest absolute Gasteiger partial charge is 0.442 e. The molecule has 2 aliphatic heterocycles. The van der Waals surface area contributed by atoms with Crippen LogP contribution in [-0.2, 0) is 9.53 Å². The van der Waals surface area contributed by atoms with Gasteiger partial charge in [0.2, 0.25) is 5.91 Å². The van der Waals surface area contributed by atoms with Gasteiger partial charge in [0.25, 0.3) is 0 Å². The number of cyclic esters (lactones) is 1. The molecule has 1 aromatic carbocycles. The molecule has 3 fully saturated rings. The molecule has 4 rings (SSSR count). The number of oxime groups is 1. The number of carbonyl (C=O) groups excluding carboxylic acids is 2. The number of carbonyl (C=O) groups is 2. The molecule has 1 saturated carbocycles. The van der Waals surface area contributed by atoms with Gasteiger partial charge in [-0.15, -0.1) is 0 Å². The van der Waals surface area contributed by atoms with E-state index in [-0.39, 0.29) is 30.3 Å². The van der Waals surface area contributed by atoms with Crippen LogP contribution in [0.4, 0.5) is 20.6 Å². The molecule has 3 atom stereocenters. The van der Waals surface area contributed by atoms with Crippen molar-refractivity contribution in [3.63, 3.8) is 0 Å². The minimum Gasteiger partial charge on any atom is -0.442 e. The fourth-order valence-corrected chi connectivity index (χ4v) is 4.74. The first kappa shape index (κ1) is 19.5. The van der Waals surface area contributed by atoms with E-state index in [4.69, 9.17) is 4.74 Å². The maximum atomic E-state index is 15.0. The van der Waals surface area contributed by atoms with Crippen molar-refractivity contribution in [2.24, 2.45) is 16.5 Å². The van der Waals surface area contributed by atoms with Gasteiger partial charge in [-0.3, -0.25) is 9.69 Å². The zero-order valence-electron chi connectivity index (χ0n) is 16.5. The number of nitrogens with zero attached hydrogens (tertiary/aromatic N) is 3. The van der Waals surface area contributed by atoms with Crippen LogP contribution in [-0.4, -0.2) is 55.2 Å². The number of fused-ring (bicyclic) bond motifs is 2. The Kier molecular flexibility index (Phi) is 4.84. The molecule has 29 heavy (non-hydrogen) atoms. The summed E-state index contributed by atoms with van der Waals surface area (Å²) >= 11 is 0. The van der Waals surface area contributed by atoms with Crippen molar-refractivity contribution < 1.29 is 23.9 Å². The normalized spacial score (nSPS) is 30.0. The molecular weight excluding hydrogens is 379 g/mol. The summed E-state index contributed by atoms with van der Waals surface area (Å²) in [5.41, 5.74) is 1.46. The van der Waals surface area contributed by atoms with Gasteiger partial charge in [-0.05, 0) is 31.0 Å². The van der Waals surface area contributed by atoms with E-state index < -0.39 is 18.0 Å². The zero-order valence-corrected chi connectivity index (χ0v) is 16.5. The summed E-state index contributed by atoms with van der Waals surface area (Å²) in [6.07, 6.45) is 0.826. The molecule has 2 N–H and O–H groups in total. The summed E-state index contributed by atoms with van der Waals surface area (Å²) < 4.78 is 20.2. The number of halogens is 1. The third kappa shape index (κ3) is 3.49. The number of ether oxygens (including phenoxy) is 1. The monoisotopic (exact) mass is 404 g/mol. The topological polar surface area (TPSA) is 94.5 Å². The van der Waals surface area contributed by atoms with Crippen molar-refractivity contribution in [3.8, 4) is 0 Å². The lowest BCUT2D eigenvalue weighted by Gasteiger charge is -2.40. The van der Waals surface area contributed by atoms with Crippen molar-refractivity contribution >= 4 is 29.1 Å². The Morgan fingerprint density at radius 2 is 2.24 bits per heavy atom. The minimum atomic E-state index is -0.556. The molecule has 0 aromatic heterocycles. The molecule has 3 aliphatic rings. The molecule has 8 nitrogen and oxygen atoms in total. The summed E-state index contributed by atoms with van der Waals surface area (Å²) in [6.45, 7) is 5.11. The highest BCUT2D eigenvalue weighted by molar-refractivity contribution is 5.96. The summed E-state index contributed by atoms with van der Waals surface area (Å²) in [6, 6.07) is 4.74. The van der Waals surface area contributed by atoms with Crippen LogP contribution in [0.15, 0.2) is 23.4 Å². The Hall–Kier alpha value is -2.84. The van der Waals surface area contributed by atoms with Crippen LogP contribution >= 0.6 is 0 Å². The van der Waals surface area contributed by atoms with E-state index in [1.165, 1.54) is 17.9 Å². The number of nitrogens with one attached hydrogen (secondary N) is 1. The fraction of sp³-hybridized carbons (Fsp3) is 0.550. The van der Waals surface area contributed by atoms with Gasteiger partial charge in [0.05, 0.1) is 30.2 Å². The Bertz CT molecular complexity index is 876. The van der Waals surface area contributed by atoms with E-state index in [2.05, 4.69) is 17.4 Å². The standard InChI is InChI=1S/C20H25FN4O4/c1-12(26)22-8-15-10-25(19(27)29-15)14-3-4-17(16(21)7-14)24-9-13-5-6-20(2,11-24)18(13)23-28/h3-4,7,13,15,28H,5-6,8-11H2,1-2H3,(H,22,26)/t13?,15-,20?/m0/s1. The first-order valence-corrected chi connectivity index (χ1v) is 9.80. The first-order chi connectivity index (χ1) is 13.8. The van der Waals surface area contributed by atoms with E-state index in [0.29, 0.717) is 24.5 Å². The Morgan fingerprint density at radius 1 is 1.45 bits per heavy atom. The SMILES string of the molecule is CC(=O)NC[C@H]1CN(c2ccc(N3CC4CCC(C)(C3)C4=NO)c(F)c2)C(=O)O1. The molecule has 2 saturated heterocycles. The molecule has 156 valence electrons. The quantitative estimate of drug-likeness (QED) is 0.593. The predicted molar refractivity (Wildman–Crippen MR) is 105 cm³/mol. The van der Waals surface area contributed by atoms with E-state index in [0.717, 1.165) is 18.6 Å². The molecule has 2 amide bonds. The van der Waals surface area contributed by atoms with Gasteiger partial charge in [0, 0.05) is 31.3 Å². The second-order valence-corrected chi connectivity index (χ2v) is 8.35. The van der Waals surface area contributed by atoms with Crippen LogP contribution in [0.1, 0.15) is 26.7 Å². The second kappa shape index (κ2) is 7.20. The molecule has 2 heterocycles. The third-order valence-corrected chi connectivity index (χ3v) is 6.17. The van der Waals surface area contributed by atoms with Gasteiger partial charge >= 0.3 is 6.09 Å². The average Bonchev–Trinajstić information content (AvgIpc) is 3.13. The highest BCUT2D eigenvalue weighted by Gasteiger charge is 2.48. The Morgan fingerprint density at radius 3 is 2.90 bits per heavy atom. The highest BCUT2D eigenvalue weighted by atomic mass is 19.1. The van der Waals surface area contributed by atoms with E-state index in [1.807, 2.05) is 4.90 Å². The smallest absolute Gasteiger partial charge is 0.414 e. The van der Waals surface area contributed by atoms with Crippen molar-refractivity contribution in [1.82, 2.24) is 5.32 Å². The highest BCUT2D eigenvalue weighted by Crippen LogP contribution is 2.45. The summed E-state index contributed by atoms with van der Waals surface area (Å²) in [5, 5.41) is 15.5. The van der Waals surface area contributed by atoms with Crippen molar-refractivity contribution in [3.05, 3.63) is 24.0 Å². The molecule has 1 aliphatic carbocycles. The Balaban J connectivity index is 1.49. The van der Waals surface area contributed by atoms with E-state index in [1.54, 1.807) is 12.1 Å². The molecule has 0 radical (unpaired) electrons. The first-order valence-electron chi connectivity index (χ1n) is 9.80. The lowest BCUT2D eigenvalue weighted by Crippen LogP contribution is -2.48. The maximum absolute atomic E-state index is 15.0. The molecule has 2 bridgehead atoms. The van der Waals surface area contributed by atoms with Crippen LogP contribution in [0.25, 0.3) is 0 Å². The average molecular weight is 404 g/mol. The van der Waals surface area contributed by atoms with Gasteiger partial charge in [0.15, 0.2) is 0 Å². The van der Waals surface area contributed by atoms with Crippen molar-refractivity contribution in [1.29, 1.82) is 0 Å². The molecular formula is C20H25FN4O4. The van der Waals surface area contributed by atoms with Crippen LogP contribution < -0.4 is 15.1 Å². The molecule has 1 aromatic rings. The Labute approximate surface area is 168 Å². The fourth-order valence-electron chi connectivity index (χ4n) is 4.74. The number of rotatable bonds is 4.